The van der Waals surface area contributed by atoms with Crippen LogP contribution in [0, 0.1) is 0 Å². The number of carboxylic acids is 1. The monoisotopic (exact) mass is 232 g/mol. The van der Waals surface area contributed by atoms with Gasteiger partial charge in [-0.1, -0.05) is 12.1 Å². The number of para-hydroxylation sites is 2. The number of imidazole rings is 1. The Labute approximate surface area is 97.7 Å². The number of aryl methyl sites for hydroxylation is 1. The van der Waals surface area contributed by atoms with Crippen molar-refractivity contribution in [3.05, 3.63) is 30.1 Å². The molecule has 0 bridgehead atoms. The van der Waals surface area contributed by atoms with E-state index in [2.05, 4.69) is 4.98 Å². The largest absolute Gasteiger partial charge is 0.481 e. The van der Waals surface area contributed by atoms with E-state index < -0.39 is 5.97 Å². The minimum absolute atomic E-state index is 0.0311. The normalized spacial score (nSPS) is 10.6. The predicted octanol–water partition coefficient (Wildman–Crippen LogP) is 1.71. The van der Waals surface area contributed by atoms with Gasteiger partial charge in [0.2, 0.25) is 5.91 Å². The van der Waals surface area contributed by atoms with Crippen LogP contribution in [0.25, 0.3) is 11.0 Å². The molecule has 0 saturated carbocycles. The van der Waals surface area contributed by atoms with Crippen LogP contribution in [-0.2, 0) is 11.2 Å². The summed E-state index contributed by atoms with van der Waals surface area (Å²) in [5.74, 6) is -0.549. The summed E-state index contributed by atoms with van der Waals surface area (Å²) < 4.78 is 1.47. The molecule has 1 N–H and O–H groups in total. The molecule has 0 amide bonds. The Bertz CT molecular complexity index is 586. The van der Waals surface area contributed by atoms with Crippen LogP contribution in [-0.4, -0.2) is 26.5 Å². The molecule has 17 heavy (non-hydrogen) atoms. The number of carboxylic acid groups (broad SMARTS) is 1. The van der Waals surface area contributed by atoms with Crippen molar-refractivity contribution in [1.29, 1.82) is 0 Å². The quantitative estimate of drug-likeness (QED) is 0.874. The van der Waals surface area contributed by atoms with Gasteiger partial charge in [-0.2, -0.15) is 0 Å². The van der Waals surface area contributed by atoms with Crippen LogP contribution >= 0.6 is 0 Å². The van der Waals surface area contributed by atoms with Gasteiger partial charge in [0.25, 0.3) is 0 Å². The molecule has 0 unspecified atom stereocenters. The molecule has 0 aliphatic heterocycles. The van der Waals surface area contributed by atoms with Crippen molar-refractivity contribution >= 4 is 22.9 Å². The highest BCUT2D eigenvalue weighted by Gasteiger charge is 2.14. The maximum absolute atomic E-state index is 11.6. The van der Waals surface area contributed by atoms with Crippen molar-refractivity contribution < 1.29 is 14.7 Å². The fourth-order valence-corrected chi connectivity index (χ4v) is 1.81. The summed E-state index contributed by atoms with van der Waals surface area (Å²) in [5, 5.41) is 8.66. The van der Waals surface area contributed by atoms with Crippen LogP contribution in [0.1, 0.15) is 24.0 Å². The smallest absolute Gasteiger partial charge is 0.303 e. The summed E-state index contributed by atoms with van der Waals surface area (Å²) in [6.07, 6.45) is 0.222. The molecule has 5 nitrogen and oxygen atoms in total. The molecule has 1 heterocycles. The SMILES string of the molecule is CC(=O)n1c(CCC(=O)O)nc2ccccc21. The summed E-state index contributed by atoms with van der Waals surface area (Å²) in [7, 11) is 0. The number of nitrogens with zero attached hydrogens (tertiary/aromatic N) is 2. The molecule has 88 valence electrons. The van der Waals surface area contributed by atoms with Crippen LogP contribution in [0.2, 0.25) is 0 Å². The van der Waals surface area contributed by atoms with Crippen molar-refractivity contribution in [2.24, 2.45) is 0 Å². The lowest BCUT2D eigenvalue weighted by molar-refractivity contribution is -0.137. The second-order valence-electron chi connectivity index (χ2n) is 3.76. The standard InChI is InChI=1S/C12H12N2O3/c1-8(15)14-10-5-3-2-4-9(10)13-11(14)6-7-12(16)17/h2-5H,6-7H2,1H3,(H,16,17). The van der Waals surface area contributed by atoms with Gasteiger partial charge in [0.15, 0.2) is 0 Å². The average molecular weight is 232 g/mol. The van der Waals surface area contributed by atoms with Crippen molar-refractivity contribution in [1.82, 2.24) is 9.55 Å². The number of rotatable bonds is 3. The molecular formula is C12H12N2O3. The minimum atomic E-state index is -0.896. The lowest BCUT2D eigenvalue weighted by atomic mass is 10.3. The molecule has 2 rings (SSSR count). The first-order chi connectivity index (χ1) is 8.09. The second-order valence-corrected chi connectivity index (χ2v) is 3.76. The van der Waals surface area contributed by atoms with E-state index in [1.54, 1.807) is 12.1 Å². The van der Waals surface area contributed by atoms with E-state index in [4.69, 9.17) is 5.11 Å². The van der Waals surface area contributed by atoms with Gasteiger partial charge in [0.1, 0.15) is 5.82 Å². The molecule has 0 radical (unpaired) electrons. The highest BCUT2D eigenvalue weighted by atomic mass is 16.4. The van der Waals surface area contributed by atoms with Gasteiger partial charge in [0, 0.05) is 13.3 Å². The molecule has 1 aromatic carbocycles. The fourth-order valence-electron chi connectivity index (χ4n) is 1.81. The number of aliphatic carboxylic acids is 1. The molecule has 0 saturated heterocycles. The molecule has 0 fully saturated rings. The molecule has 0 atom stereocenters. The minimum Gasteiger partial charge on any atom is -0.481 e. The lowest BCUT2D eigenvalue weighted by Gasteiger charge is -2.02. The zero-order valence-corrected chi connectivity index (χ0v) is 9.38. The van der Waals surface area contributed by atoms with Crippen molar-refractivity contribution in [2.45, 2.75) is 19.8 Å². The third-order valence-corrected chi connectivity index (χ3v) is 2.51. The number of carbonyl (C=O) groups excluding carboxylic acids is 1. The summed E-state index contributed by atoms with van der Waals surface area (Å²) in [5.41, 5.74) is 1.43. The lowest BCUT2D eigenvalue weighted by Crippen LogP contribution is -2.11. The average Bonchev–Trinajstić information content (AvgIpc) is 2.64. The molecule has 0 aliphatic rings. The third kappa shape index (κ3) is 2.18. The van der Waals surface area contributed by atoms with Gasteiger partial charge in [-0.25, -0.2) is 4.98 Å². The van der Waals surface area contributed by atoms with Crippen LogP contribution in [0.15, 0.2) is 24.3 Å². The Morgan fingerprint density at radius 1 is 1.35 bits per heavy atom. The number of hydrogen-bond donors (Lipinski definition) is 1. The molecular weight excluding hydrogens is 220 g/mol. The number of carbonyl (C=O) groups is 2. The third-order valence-electron chi connectivity index (χ3n) is 2.51. The van der Waals surface area contributed by atoms with Crippen LogP contribution in [0.4, 0.5) is 0 Å². The van der Waals surface area contributed by atoms with Crippen molar-refractivity contribution in [2.75, 3.05) is 0 Å². The number of fused-ring (bicyclic) bond motifs is 1. The van der Waals surface area contributed by atoms with Gasteiger partial charge in [0.05, 0.1) is 17.5 Å². The van der Waals surface area contributed by atoms with E-state index in [1.807, 2.05) is 12.1 Å². The highest BCUT2D eigenvalue weighted by molar-refractivity contribution is 5.90. The molecule has 0 spiro atoms. The second kappa shape index (κ2) is 4.37. The van der Waals surface area contributed by atoms with Crippen LogP contribution in [0.5, 0.6) is 0 Å². The molecule has 1 aromatic heterocycles. The highest BCUT2D eigenvalue weighted by Crippen LogP contribution is 2.16. The summed E-state index contributed by atoms with van der Waals surface area (Å²) in [6.45, 7) is 1.44. The molecule has 5 heteroatoms. The van der Waals surface area contributed by atoms with Gasteiger partial charge >= 0.3 is 5.97 Å². The van der Waals surface area contributed by atoms with E-state index in [-0.39, 0.29) is 18.7 Å². The zero-order chi connectivity index (χ0) is 12.4. The maximum Gasteiger partial charge on any atom is 0.303 e. The molecule has 2 aromatic rings. The maximum atomic E-state index is 11.6. The van der Waals surface area contributed by atoms with Crippen molar-refractivity contribution in [3.63, 3.8) is 0 Å². The van der Waals surface area contributed by atoms with Gasteiger partial charge < -0.3 is 5.11 Å². The molecule has 0 aliphatic carbocycles. The van der Waals surface area contributed by atoms with E-state index in [0.29, 0.717) is 11.3 Å². The Hall–Kier alpha value is -2.17. The van der Waals surface area contributed by atoms with E-state index >= 15 is 0 Å². The Kier molecular flexibility index (Phi) is 2.91. The predicted molar refractivity (Wildman–Crippen MR) is 62.0 cm³/mol. The zero-order valence-electron chi connectivity index (χ0n) is 9.38. The topological polar surface area (TPSA) is 72.2 Å². The van der Waals surface area contributed by atoms with E-state index in [0.717, 1.165) is 5.52 Å². The summed E-state index contributed by atoms with van der Waals surface area (Å²) in [6, 6.07) is 7.26. The van der Waals surface area contributed by atoms with Crippen molar-refractivity contribution in [3.8, 4) is 0 Å². The Morgan fingerprint density at radius 3 is 2.71 bits per heavy atom. The summed E-state index contributed by atoms with van der Waals surface area (Å²) >= 11 is 0. The van der Waals surface area contributed by atoms with Gasteiger partial charge in [-0.05, 0) is 12.1 Å². The number of hydrogen-bond acceptors (Lipinski definition) is 3. The first-order valence-electron chi connectivity index (χ1n) is 5.28. The first kappa shape index (κ1) is 11.3. The van der Waals surface area contributed by atoms with Gasteiger partial charge in [-0.3, -0.25) is 14.2 Å². The number of aromatic nitrogens is 2. The summed E-state index contributed by atoms with van der Waals surface area (Å²) in [4.78, 5) is 26.4. The fraction of sp³-hybridized carbons (Fsp3) is 0.250. The van der Waals surface area contributed by atoms with Gasteiger partial charge in [-0.15, -0.1) is 0 Å². The van der Waals surface area contributed by atoms with E-state index in [9.17, 15) is 9.59 Å². The Morgan fingerprint density at radius 2 is 2.06 bits per heavy atom. The van der Waals surface area contributed by atoms with Crippen LogP contribution < -0.4 is 0 Å². The Balaban J connectivity index is 2.50. The number of benzene rings is 1. The van der Waals surface area contributed by atoms with E-state index in [1.165, 1.54) is 11.5 Å². The van der Waals surface area contributed by atoms with Crippen LogP contribution in [0.3, 0.4) is 0 Å². The first-order valence-corrected chi connectivity index (χ1v) is 5.28.